The highest BCUT2D eigenvalue weighted by molar-refractivity contribution is 14.0. The van der Waals surface area contributed by atoms with E-state index in [4.69, 9.17) is 18.9 Å². The summed E-state index contributed by atoms with van der Waals surface area (Å²) >= 11 is 0. The van der Waals surface area contributed by atoms with Gasteiger partial charge in [-0.2, -0.15) is 0 Å². The Kier molecular flexibility index (Phi) is 13.0. The van der Waals surface area contributed by atoms with Crippen molar-refractivity contribution < 1.29 is 18.9 Å². The molecule has 0 aliphatic carbocycles. The van der Waals surface area contributed by atoms with Gasteiger partial charge in [-0.15, -0.1) is 24.0 Å². The average molecular weight is 507 g/mol. The zero-order valence-corrected chi connectivity index (χ0v) is 19.5. The first kappa shape index (κ1) is 24.8. The summed E-state index contributed by atoms with van der Waals surface area (Å²) < 4.78 is 21.8. The SMILES string of the molecule is CCNC(=NCCCOC1CCOC1)NCCc1cc(OC)ccc1OC.I. The molecule has 0 spiro atoms. The van der Waals surface area contributed by atoms with Crippen molar-refractivity contribution in [1.82, 2.24) is 10.6 Å². The third kappa shape index (κ3) is 8.83. The first-order valence-corrected chi connectivity index (χ1v) is 9.69. The van der Waals surface area contributed by atoms with E-state index < -0.39 is 0 Å². The molecule has 1 unspecified atom stereocenters. The lowest BCUT2D eigenvalue weighted by Gasteiger charge is -2.14. The standard InChI is InChI=1S/C20H33N3O4.HI/c1-4-21-20(22-10-5-12-27-18-9-13-26-15-18)23-11-8-16-14-17(24-2)6-7-19(16)25-3;/h6-7,14,18H,4-5,8-13,15H2,1-3H3,(H2,21,22,23);1H. The van der Waals surface area contributed by atoms with Crippen LogP contribution in [0, 0.1) is 0 Å². The molecule has 1 aromatic carbocycles. The first-order chi connectivity index (χ1) is 13.3. The van der Waals surface area contributed by atoms with Crippen LogP contribution in [-0.2, 0) is 15.9 Å². The maximum Gasteiger partial charge on any atom is 0.191 e. The minimum absolute atomic E-state index is 0. The molecule has 1 fully saturated rings. The van der Waals surface area contributed by atoms with Crippen LogP contribution in [0.1, 0.15) is 25.3 Å². The fourth-order valence-corrected chi connectivity index (χ4v) is 2.88. The number of guanidine groups is 1. The van der Waals surface area contributed by atoms with E-state index in [2.05, 4.69) is 22.5 Å². The molecule has 1 heterocycles. The molecule has 1 aliphatic heterocycles. The molecule has 1 aliphatic rings. The Labute approximate surface area is 185 Å². The molecular weight excluding hydrogens is 473 g/mol. The Hall–Kier alpha value is -1.26. The molecular formula is C20H34IN3O4. The van der Waals surface area contributed by atoms with Crippen molar-refractivity contribution in [1.29, 1.82) is 0 Å². The van der Waals surface area contributed by atoms with Crippen LogP contribution in [0.25, 0.3) is 0 Å². The van der Waals surface area contributed by atoms with Crippen LogP contribution < -0.4 is 20.1 Å². The number of hydrogen-bond donors (Lipinski definition) is 2. The molecule has 0 bridgehead atoms. The second-order valence-electron chi connectivity index (χ2n) is 6.33. The molecule has 2 N–H and O–H groups in total. The summed E-state index contributed by atoms with van der Waals surface area (Å²) in [6, 6.07) is 5.85. The summed E-state index contributed by atoms with van der Waals surface area (Å²) in [6.07, 6.45) is 2.98. The molecule has 0 saturated carbocycles. The van der Waals surface area contributed by atoms with Gasteiger partial charge >= 0.3 is 0 Å². The predicted molar refractivity (Wildman–Crippen MR) is 122 cm³/mol. The molecule has 28 heavy (non-hydrogen) atoms. The lowest BCUT2D eigenvalue weighted by atomic mass is 10.1. The van der Waals surface area contributed by atoms with E-state index in [0.29, 0.717) is 0 Å². The van der Waals surface area contributed by atoms with Crippen LogP contribution in [-0.4, -0.2) is 65.7 Å². The topological polar surface area (TPSA) is 73.3 Å². The summed E-state index contributed by atoms with van der Waals surface area (Å²) in [7, 11) is 3.35. The van der Waals surface area contributed by atoms with Gasteiger partial charge in [0.05, 0.1) is 26.9 Å². The van der Waals surface area contributed by atoms with E-state index in [1.807, 2.05) is 18.2 Å². The molecule has 7 nitrogen and oxygen atoms in total. The third-order valence-corrected chi connectivity index (χ3v) is 4.33. The lowest BCUT2D eigenvalue weighted by molar-refractivity contribution is 0.0424. The van der Waals surface area contributed by atoms with E-state index in [9.17, 15) is 0 Å². The number of nitrogens with one attached hydrogen (secondary N) is 2. The van der Waals surface area contributed by atoms with Gasteiger partial charge in [-0.3, -0.25) is 4.99 Å². The number of methoxy groups -OCH3 is 2. The van der Waals surface area contributed by atoms with Gasteiger partial charge in [0.15, 0.2) is 5.96 Å². The second-order valence-corrected chi connectivity index (χ2v) is 6.33. The van der Waals surface area contributed by atoms with E-state index in [-0.39, 0.29) is 30.1 Å². The fraction of sp³-hybridized carbons (Fsp3) is 0.650. The fourth-order valence-electron chi connectivity index (χ4n) is 2.88. The molecule has 1 aromatic rings. The predicted octanol–water partition coefficient (Wildman–Crippen LogP) is 2.62. The number of hydrogen-bond acceptors (Lipinski definition) is 5. The van der Waals surface area contributed by atoms with Crippen molar-refractivity contribution >= 4 is 29.9 Å². The minimum atomic E-state index is 0. The number of ether oxygens (including phenoxy) is 4. The Bertz CT molecular complexity index is 581. The van der Waals surface area contributed by atoms with Crippen LogP contribution in [0.2, 0.25) is 0 Å². The van der Waals surface area contributed by atoms with Crippen LogP contribution in [0.15, 0.2) is 23.2 Å². The molecule has 8 heteroatoms. The van der Waals surface area contributed by atoms with Gasteiger partial charge in [0, 0.05) is 32.8 Å². The number of benzene rings is 1. The van der Waals surface area contributed by atoms with Gasteiger partial charge in [0.2, 0.25) is 0 Å². The van der Waals surface area contributed by atoms with Gasteiger partial charge in [0.25, 0.3) is 0 Å². The van der Waals surface area contributed by atoms with Crippen LogP contribution in [0.3, 0.4) is 0 Å². The average Bonchev–Trinajstić information content (AvgIpc) is 3.21. The number of nitrogens with zero attached hydrogens (tertiary/aromatic N) is 1. The summed E-state index contributed by atoms with van der Waals surface area (Å²) in [6.45, 7) is 6.63. The van der Waals surface area contributed by atoms with Gasteiger partial charge in [0.1, 0.15) is 11.5 Å². The molecule has 160 valence electrons. The Morgan fingerprint density at radius 2 is 2.11 bits per heavy atom. The van der Waals surface area contributed by atoms with Gasteiger partial charge in [-0.05, 0) is 49.9 Å². The maximum atomic E-state index is 5.77. The third-order valence-electron chi connectivity index (χ3n) is 4.33. The molecule has 0 amide bonds. The van der Waals surface area contributed by atoms with Crippen LogP contribution in [0.5, 0.6) is 11.5 Å². The monoisotopic (exact) mass is 507 g/mol. The quantitative estimate of drug-likeness (QED) is 0.208. The highest BCUT2D eigenvalue weighted by atomic mass is 127. The van der Waals surface area contributed by atoms with Gasteiger partial charge in [-0.1, -0.05) is 0 Å². The van der Waals surface area contributed by atoms with E-state index in [1.54, 1.807) is 14.2 Å². The van der Waals surface area contributed by atoms with Gasteiger partial charge < -0.3 is 29.6 Å². The molecule has 2 rings (SSSR count). The van der Waals surface area contributed by atoms with Crippen molar-refractivity contribution in [2.24, 2.45) is 4.99 Å². The van der Waals surface area contributed by atoms with E-state index >= 15 is 0 Å². The molecule has 1 saturated heterocycles. The molecule has 0 aromatic heterocycles. The summed E-state index contributed by atoms with van der Waals surface area (Å²) in [5, 5.41) is 6.65. The summed E-state index contributed by atoms with van der Waals surface area (Å²) in [4.78, 5) is 4.61. The van der Waals surface area contributed by atoms with Crippen LogP contribution >= 0.6 is 24.0 Å². The van der Waals surface area contributed by atoms with Crippen molar-refractivity contribution in [2.45, 2.75) is 32.3 Å². The van der Waals surface area contributed by atoms with E-state index in [1.165, 1.54) is 0 Å². The first-order valence-electron chi connectivity index (χ1n) is 9.69. The maximum absolute atomic E-state index is 5.77. The highest BCUT2D eigenvalue weighted by Crippen LogP contribution is 2.24. The summed E-state index contributed by atoms with van der Waals surface area (Å²) in [5.41, 5.74) is 1.10. The second kappa shape index (κ2) is 14.7. The van der Waals surface area contributed by atoms with Crippen molar-refractivity contribution in [3.63, 3.8) is 0 Å². The summed E-state index contributed by atoms with van der Waals surface area (Å²) in [5.74, 6) is 2.52. The number of aliphatic imine (C=N–C) groups is 1. The van der Waals surface area contributed by atoms with Crippen molar-refractivity contribution in [2.75, 3.05) is 53.7 Å². The van der Waals surface area contributed by atoms with E-state index in [0.717, 1.165) is 81.7 Å². The zero-order chi connectivity index (χ0) is 19.3. The Morgan fingerprint density at radius 3 is 2.79 bits per heavy atom. The smallest absolute Gasteiger partial charge is 0.191 e. The highest BCUT2D eigenvalue weighted by Gasteiger charge is 2.15. The van der Waals surface area contributed by atoms with Gasteiger partial charge in [-0.25, -0.2) is 0 Å². The largest absolute Gasteiger partial charge is 0.497 e. The normalized spacial score (nSPS) is 16.4. The van der Waals surface area contributed by atoms with Crippen molar-refractivity contribution in [3.8, 4) is 11.5 Å². The Morgan fingerprint density at radius 1 is 1.25 bits per heavy atom. The lowest BCUT2D eigenvalue weighted by Crippen LogP contribution is -2.38. The van der Waals surface area contributed by atoms with Crippen LogP contribution in [0.4, 0.5) is 0 Å². The minimum Gasteiger partial charge on any atom is -0.497 e. The zero-order valence-electron chi connectivity index (χ0n) is 17.2. The number of rotatable bonds is 11. The molecule has 1 atom stereocenters. The number of halogens is 1. The molecule has 0 radical (unpaired) electrons. The van der Waals surface area contributed by atoms with Crippen molar-refractivity contribution in [3.05, 3.63) is 23.8 Å². The Balaban J connectivity index is 0.00000392.